The maximum Gasteiger partial charge on any atom is 0.251 e. The molecule has 0 bridgehead atoms. The molecule has 0 saturated heterocycles. The number of rotatable bonds is 9. The molecule has 1 heterocycles. The first-order valence-corrected chi connectivity index (χ1v) is 12.5. The van der Waals surface area contributed by atoms with Crippen LogP contribution in [0.3, 0.4) is 0 Å². The molecule has 3 aromatic rings. The normalized spacial score (nSPS) is 15.4. The average molecular weight is 489 g/mol. The molecular formula is C29H36N4O3. The van der Waals surface area contributed by atoms with Crippen molar-refractivity contribution in [3.63, 3.8) is 0 Å². The Morgan fingerprint density at radius 1 is 1.22 bits per heavy atom. The fraction of sp³-hybridized carbons (Fsp3) is 0.414. The van der Waals surface area contributed by atoms with Crippen molar-refractivity contribution in [2.24, 2.45) is 5.41 Å². The van der Waals surface area contributed by atoms with E-state index in [2.05, 4.69) is 40.3 Å². The van der Waals surface area contributed by atoms with Gasteiger partial charge in [-0.1, -0.05) is 38.1 Å². The predicted octanol–water partition coefficient (Wildman–Crippen LogP) is 4.15. The van der Waals surface area contributed by atoms with Gasteiger partial charge >= 0.3 is 0 Å². The van der Waals surface area contributed by atoms with Gasteiger partial charge in [0.1, 0.15) is 6.29 Å². The summed E-state index contributed by atoms with van der Waals surface area (Å²) >= 11 is 0. The first-order valence-electron chi connectivity index (χ1n) is 12.5. The molecule has 7 nitrogen and oxygen atoms in total. The van der Waals surface area contributed by atoms with Crippen molar-refractivity contribution < 1.29 is 14.7 Å². The van der Waals surface area contributed by atoms with Crippen LogP contribution in [-0.2, 0) is 25.9 Å². The second kappa shape index (κ2) is 10.8. The number of benzene rings is 2. The van der Waals surface area contributed by atoms with E-state index in [4.69, 9.17) is 5.11 Å². The lowest BCUT2D eigenvalue weighted by atomic mass is 9.76. The molecule has 190 valence electrons. The second-order valence-corrected chi connectivity index (χ2v) is 10.8. The zero-order chi connectivity index (χ0) is 25.9. The fourth-order valence-corrected chi connectivity index (χ4v) is 4.86. The third-order valence-electron chi connectivity index (χ3n) is 6.96. The van der Waals surface area contributed by atoms with Crippen molar-refractivity contribution in [3.8, 4) is 11.3 Å². The van der Waals surface area contributed by atoms with Crippen LogP contribution in [0.2, 0.25) is 0 Å². The van der Waals surface area contributed by atoms with Gasteiger partial charge in [0, 0.05) is 47.1 Å². The van der Waals surface area contributed by atoms with Crippen LogP contribution in [0.4, 0.5) is 0 Å². The summed E-state index contributed by atoms with van der Waals surface area (Å²) in [4.78, 5) is 26.2. The average Bonchev–Trinajstić information content (AvgIpc) is 3.26. The van der Waals surface area contributed by atoms with E-state index in [1.165, 1.54) is 11.3 Å². The SMILES string of the molecule is C[C@H](CO)NC(=O)c1ccc(CN(C)Cc2cc(-c3n[nH]c4c3CCC(C)(C)C4)ccc2C=O)cc1. The Kier molecular flexibility index (Phi) is 7.71. The Balaban J connectivity index is 1.47. The predicted molar refractivity (Wildman–Crippen MR) is 141 cm³/mol. The molecule has 0 fully saturated rings. The molecule has 36 heavy (non-hydrogen) atoms. The smallest absolute Gasteiger partial charge is 0.251 e. The highest BCUT2D eigenvalue weighted by atomic mass is 16.3. The van der Waals surface area contributed by atoms with Gasteiger partial charge in [0.05, 0.1) is 12.3 Å². The summed E-state index contributed by atoms with van der Waals surface area (Å²) in [6, 6.07) is 13.1. The summed E-state index contributed by atoms with van der Waals surface area (Å²) in [5, 5.41) is 19.8. The van der Waals surface area contributed by atoms with E-state index in [1.54, 1.807) is 19.1 Å². The lowest BCUT2D eigenvalue weighted by Crippen LogP contribution is -2.34. The monoisotopic (exact) mass is 488 g/mol. The first kappa shape index (κ1) is 25.8. The lowest BCUT2D eigenvalue weighted by molar-refractivity contribution is 0.0922. The number of nitrogens with one attached hydrogen (secondary N) is 2. The number of amides is 1. The van der Waals surface area contributed by atoms with Gasteiger partial charge in [-0.25, -0.2) is 0 Å². The van der Waals surface area contributed by atoms with Crippen LogP contribution in [0.1, 0.15) is 70.3 Å². The number of nitrogens with zero attached hydrogens (tertiary/aromatic N) is 2. The molecular weight excluding hydrogens is 452 g/mol. The zero-order valence-corrected chi connectivity index (χ0v) is 21.6. The third-order valence-corrected chi connectivity index (χ3v) is 6.96. The fourth-order valence-electron chi connectivity index (χ4n) is 4.86. The molecule has 1 aromatic heterocycles. The van der Waals surface area contributed by atoms with Crippen LogP contribution >= 0.6 is 0 Å². The van der Waals surface area contributed by atoms with Crippen LogP contribution in [0, 0.1) is 5.41 Å². The number of H-pyrrole nitrogens is 1. The van der Waals surface area contributed by atoms with E-state index in [0.717, 1.165) is 47.9 Å². The Bertz CT molecular complexity index is 1230. The van der Waals surface area contributed by atoms with E-state index >= 15 is 0 Å². The number of hydrogen-bond donors (Lipinski definition) is 3. The van der Waals surface area contributed by atoms with Gasteiger partial charge in [-0.05, 0) is 68.0 Å². The van der Waals surface area contributed by atoms with E-state index in [-0.39, 0.29) is 24.0 Å². The quantitative estimate of drug-likeness (QED) is 0.393. The summed E-state index contributed by atoms with van der Waals surface area (Å²) in [5.41, 5.74) is 8.10. The summed E-state index contributed by atoms with van der Waals surface area (Å²) in [6.45, 7) is 7.53. The topological polar surface area (TPSA) is 98.3 Å². The molecule has 0 radical (unpaired) electrons. The Morgan fingerprint density at radius 3 is 2.67 bits per heavy atom. The van der Waals surface area contributed by atoms with Crippen molar-refractivity contribution in [2.75, 3.05) is 13.7 Å². The highest BCUT2D eigenvalue weighted by molar-refractivity contribution is 5.94. The van der Waals surface area contributed by atoms with Crippen LogP contribution in [0.25, 0.3) is 11.3 Å². The highest BCUT2D eigenvalue weighted by Crippen LogP contribution is 2.38. The standard InChI is InChI=1S/C29H36N4O3/c1-19(17-34)30-28(36)21-7-5-20(6-8-21)15-33(4)16-24-13-22(9-10-23(24)18-35)27-25-11-12-29(2,3)14-26(25)31-32-27/h5-10,13,18-19,34H,11-12,14-17H2,1-4H3,(H,30,36)(H,31,32)/t19-/m1/s1. The number of aromatic amines is 1. The summed E-state index contributed by atoms with van der Waals surface area (Å²) in [6.07, 6.45) is 4.05. The van der Waals surface area contributed by atoms with Gasteiger partial charge in [0.15, 0.2) is 0 Å². The minimum Gasteiger partial charge on any atom is -0.394 e. The number of carbonyl (C=O) groups is 2. The molecule has 0 spiro atoms. The third kappa shape index (κ3) is 5.91. The molecule has 7 heteroatoms. The maximum absolute atomic E-state index is 12.2. The molecule has 1 aliphatic rings. The molecule has 0 saturated carbocycles. The molecule has 3 N–H and O–H groups in total. The van der Waals surface area contributed by atoms with Crippen molar-refractivity contribution in [3.05, 3.63) is 76.0 Å². The molecule has 2 aromatic carbocycles. The Morgan fingerprint density at radius 2 is 1.97 bits per heavy atom. The number of aliphatic hydroxyl groups excluding tert-OH is 1. The van der Waals surface area contributed by atoms with Gasteiger partial charge in [-0.15, -0.1) is 0 Å². The van der Waals surface area contributed by atoms with Crippen LogP contribution in [0.5, 0.6) is 0 Å². The number of aldehydes is 1. The molecule has 0 aliphatic heterocycles. The van der Waals surface area contributed by atoms with E-state index in [0.29, 0.717) is 24.2 Å². The van der Waals surface area contributed by atoms with Crippen molar-refractivity contribution in [2.45, 2.75) is 59.2 Å². The van der Waals surface area contributed by atoms with Crippen LogP contribution in [0.15, 0.2) is 42.5 Å². The van der Waals surface area contributed by atoms with Crippen molar-refractivity contribution in [1.29, 1.82) is 0 Å². The van der Waals surface area contributed by atoms with Gasteiger partial charge in [-0.3, -0.25) is 19.6 Å². The minimum atomic E-state index is -0.287. The van der Waals surface area contributed by atoms with Gasteiger partial charge in [0.2, 0.25) is 0 Å². The summed E-state index contributed by atoms with van der Waals surface area (Å²) < 4.78 is 0. The molecule has 4 rings (SSSR count). The Hall–Kier alpha value is -3.29. The number of aromatic nitrogens is 2. The van der Waals surface area contributed by atoms with E-state index in [1.807, 2.05) is 31.3 Å². The number of carbonyl (C=O) groups excluding carboxylic acids is 2. The van der Waals surface area contributed by atoms with Gasteiger partial charge in [0.25, 0.3) is 5.91 Å². The van der Waals surface area contributed by atoms with Gasteiger partial charge < -0.3 is 10.4 Å². The summed E-state index contributed by atoms with van der Waals surface area (Å²) in [7, 11) is 2.02. The zero-order valence-electron chi connectivity index (χ0n) is 21.6. The van der Waals surface area contributed by atoms with Crippen LogP contribution < -0.4 is 5.32 Å². The maximum atomic E-state index is 12.2. The van der Waals surface area contributed by atoms with Crippen molar-refractivity contribution in [1.82, 2.24) is 20.4 Å². The Labute approximate surface area is 212 Å². The molecule has 1 aliphatic carbocycles. The number of fused-ring (bicyclic) bond motifs is 1. The largest absolute Gasteiger partial charge is 0.394 e. The van der Waals surface area contributed by atoms with E-state index < -0.39 is 0 Å². The molecule has 1 atom stereocenters. The number of hydrogen-bond acceptors (Lipinski definition) is 5. The number of aliphatic hydroxyl groups is 1. The second-order valence-electron chi connectivity index (χ2n) is 10.8. The molecule has 1 amide bonds. The highest BCUT2D eigenvalue weighted by Gasteiger charge is 2.29. The van der Waals surface area contributed by atoms with Crippen LogP contribution in [-0.4, -0.2) is 52.1 Å². The van der Waals surface area contributed by atoms with Crippen molar-refractivity contribution >= 4 is 12.2 Å². The lowest BCUT2D eigenvalue weighted by Gasteiger charge is -2.29. The summed E-state index contributed by atoms with van der Waals surface area (Å²) in [5.74, 6) is -0.201. The minimum absolute atomic E-state index is 0.0978. The first-order chi connectivity index (χ1) is 17.2. The van der Waals surface area contributed by atoms with E-state index in [9.17, 15) is 9.59 Å². The van der Waals surface area contributed by atoms with Gasteiger partial charge in [-0.2, -0.15) is 5.10 Å². The molecule has 0 unspecified atom stereocenters.